The summed E-state index contributed by atoms with van der Waals surface area (Å²) in [6.07, 6.45) is 8.16. The second-order valence-corrected chi connectivity index (χ2v) is 10.7. The van der Waals surface area contributed by atoms with Crippen molar-refractivity contribution < 1.29 is 8.78 Å². The third-order valence-corrected chi connectivity index (χ3v) is 7.48. The number of halogens is 4. The molecular formula is C16H26Br2F2. The number of rotatable bonds is 4. The summed E-state index contributed by atoms with van der Waals surface area (Å²) in [4.78, 5) is 0. The highest BCUT2D eigenvalue weighted by atomic mass is 79.9. The lowest BCUT2D eigenvalue weighted by Crippen LogP contribution is -2.39. The lowest BCUT2D eigenvalue weighted by atomic mass is 9.68. The first kappa shape index (κ1) is 17.2. The monoisotopic (exact) mass is 414 g/mol. The Hall–Kier alpha value is 0.820. The van der Waals surface area contributed by atoms with E-state index >= 15 is 0 Å². The van der Waals surface area contributed by atoms with Gasteiger partial charge in [0.2, 0.25) is 6.43 Å². The molecule has 118 valence electrons. The van der Waals surface area contributed by atoms with E-state index in [1.807, 2.05) is 0 Å². The first-order valence-corrected chi connectivity index (χ1v) is 9.68. The largest absolute Gasteiger partial charge is 0.243 e. The smallest absolute Gasteiger partial charge is 0.210 e. The van der Waals surface area contributed by atoms with Crippen molar-refractivity contribution in [1.82, 2.24) is 0 Å². The van der Waals surface area contributed by atoms with Gasteiger partial charge in [0.05, 0.1) is 3.23 Å². The molecule has 2 fully saturated rings. The van der Waals surface area contributed by atoms with Crippen molar-refractivity contribution in [3.63, 3.8) is 0 Å². The molecule has 0 saturated heterocycles. The van der Waals surface area contributed by atoms with Crippen LogP contribution < -0.4 is 0 Å². The summed E-state index contributed by atoms with van der Waals surface area (Å²) >= 11 is 6.96. The van der Waals surface area contributed by atoms with Crippen LogP contribution in [0.1, 0.15) is 64.7 Å². The van der Waals surface area contributed by atoms with E-state index in [2.05, 4.69) is 38.8 Å². The van der Waals surface area contributed by atoms with E-state index in [1.165, 1.54) is 38.5 Å². The van der Waals surface area contributed by atoms with Gasteiger partial charge in [0.25, 0.3) is 0 Å². The van der Waals surface area contributed by atoms with Crippen molar-refractivity contribution in [3.05, 3.63) is 0 Å². The Labute approximate surface area is 138 Å². The second kappa shape index (κ2) is 7.39. The summed E-state index contributed by atoms with van der Waals surface area (Å²) in [5.74, 6) is 1.56. The maximum atomic E-state index is 13.3. The van der Waals surface area contributed by atoms with Crippen LogP contribution >= 0.6 is 31.9 Å². The number of hydrogen-bond acceptors (Lipinski definition) is 0. The third kappa shape index (κ3) is 4.18. The maximum Gasteiger partial charge on any atom is 0.243 e. The van der Waals surface area contributed by atoms with Crippen LogP contribution in [0.4, 0.5) is 8.78 Å². The average molecular weight is 416 g/mol. The zero-order valence-electron chi connectivity index (χ0n) is 12.3. The van der Waals surface area contributed by atoms with Gasteiger partial charge in [0, 0.05) is 5.92 Å². The molecule has 2 rings (SSSR count). The summed E-state index contributed by atoms with van der Waals surface area (Å²) < 4.78 is 26.0. The van der Waals surface area contributed by atoms with E-state index in [0.29, 0.717) is 18.3 Å². The van der Waals surface area contributed by atoms with Gasteiger partial charge in [-0.15, -0.1) is 0 Å². The molecular weight excluding hydrogens is 390 g/mol. The molecule has 2 saturated carbocycles. The van der Waals surface area contributed by atoms with Gasteiger partial charge < -0.3 is 0 Å². The van der Waals surface area contributed by atoms with E-state index in [9.17, 15) is 8.78 Å². The molecule has 2 atom stereocenters. The van der Waals surface area contributed by atoms with Gasteiger partial charge in [-0.25, -0.2) is 8.78 Å². The Balaban J connectivity index is 1.88. The Morgan fingerprint density at radius 3 is 2.25 bits per heavy atom. The van der Waals surface area contributed by atoms with Crippen LogP contribution in [-0.4, -0.2) is 9.66 Å². The fourth-order valence-electron chi connectivity index (χ4n) is 4.25. The summed E-state index contributed by atoms with van der Waals surface area (Å²) in [6, 6.07) is 0. The fraction of sp³-hybridized carbons (Fsp3) is 1.00. The van der Waals surface area contributed by atoms with Gasteiger partial charge >= 0.3 is 0 Å². The zero-order chi connectivity index (χ0) is 14.8. The van der Waals surface area contributed by atoms with Crippen LogP contribution in [0.25, 0.3) is 0 Å². The minimum atomic E-state index is -2.23. The molecule has 0 heterocycles. The minimum absolute atomic E-state index is 0.514. The molecule has 0 N–H and O–H groups in total. The Bertz CT molecular complexity index is 299. The summed E-state index contributed by atoms with van der Waals surface area (Å²) in [5, 5.41) is 0. The quantitative estimate of drug-likeness (QED) is 0.445. The van der Waals surface area contributed by atoms with Crippen LogP contribution in [0.3, 0.4) is 0 Å². The standard InChI is InChI=1S/C16H26Br2F2/c1-2-3-11-4-6-12(7-5-11)13-8-9-16(17,18)14(10-13)15(19)20/h11-15H,2-10H2,1H3. The third-order valence-electron chi connectivity index (χ3n) is 5.51. The average Bonchev–Trinajstić information content (AvgIpc) is 2.39. The van der Waals surface area contributed by atoms with Crippen LogP contribution in [0, 0.1) is 23.7 Å². The molecule has 0 amide bonds. The first-order chi connectivity index (χ1) is 9.44. The van der Waals surface area contributed by atoms with Crippen LogP contribution in [0.15, 0.2) is 0 Å². The highest BCUT2D eigenvalue weighted by molar-refractivity contribution is 9.25. The van der Waals surface area contributed by atoms with Crippen molar-refractivity contribution in [2.45, 2.75) is 74.4 Å². The number of hydrogen-bond donors (Lipinski definition) is 0. The Morgan fingerprint density at radius 1 is 1.05 bits per heavy atom. The van der Waals surface area contributed by atoms with Crippen molar-refractivity contribution in [1.29, 1.82) is 0 Å². The van der Waals surface area contributed by atoms with Gasteiger partial charge in [-0.3, -0.25) is 0 Å². The normalized spacial score (nSPS) is 38.1. The van der Waals surface area contributed by atoms with Gasteiger partial charge in [0.15, 0.2) is 0 Å². The van der Waals surface area contributed by atoms with Crippen LogP contribution in [0.5, 0.6) is 0 Å². The molecule has 0 bridgehead atoms. The van der Waals surface area contributed by atoms with E-state index in [1.54, 1.807) is 0 Å². The van der Waals surface area contributed by atoms with Crippen molar-refractivity contribution in [2.75, 3.05) is 0 Å². The molecule has 0 aromatic rings. The molecule has 2 aliphatic rings. The molecule has 2 aliphatic carbocycles. The molecule has 2 unspecified atom stereocenters. The molecule has 0 spiro atoms. The predicted molar refractivity (Wildman–Crippen MR) is 87.8 cm³/mol. The zero-order valence-corrected chi connectivity index (χ0v) is 15.4. The molecule has 4 heteroatoms. The molecule has 20 heavy (non-hydrogen) atoms. The second-order valence-electron chi connectivity index (χ2n) is 6.81. The topological polar surface area (TPSA) is 0 Å². The minimum Gasteiger partial charge on any atom is -0.210 e. The highest BCUT2D eigenvalue weighted by Gasteiger charge is 2.46. The van der Waals surface area contributed by atoms with E-state index in [4.69, 9.17) is 0 Å². The summed E-state index contributed by atoms with van der Waals surface area (Å²) in [7, 11) is 0. The molecule has 0 radical (unpaired) electrons. The van der Waals surface area contributed by atoms with Gasteiger partial charge in [-0.2, -0.15) is 0 Å². The van der Waals surface area contributed by atoms with Crippen molar-refractivity contribution >= 4 is 31.9 Å². The van der Waals surface area contributed by atoms with Crippen molar-refractivity contribution in [2.24, 2.45) is 23.7 Å². The van der Waals surface area contributed by atoms with E-state index < -0.39 is 15.6 Å². The SMILES string of the molecule is CCCC1CCC(C2CCC(Br)(Br)C(C(F)F)C2)CC1. The molecule has 0 nitrogen and oxygen atoms in total. The Morgan fingerprint density at radius 2 is 1.70 bits per heavy atom. The molecule has 0 aromatic heterocycles. The number of alkyl halides is 4. The van der Waals surface area contributed by atoms with Gasteiger partial charge in [-0.1, -0.05) is 64.5 Å². The molecule has 0 aliphatic heterocycles. The van der Waals surface area contributed by atoms with Crippen LogP contribution in [0.2, 0.25) is 0 Å². The van der Waals surface area contributed by atoms with Crippen LogP contribution in [-0.2, 0) is 0 Å². The maximum absolute atomic E-state index is 13.3. The summed E-state index contributed by atoms with van der Waals surface area (Å²) in [6.45, 7) is 2.26. The highest BCUT2D eigenvalue weighted by Crippen LogP contribution is 2.53. The summed E-state index contributed by atoms with van der Waals surface area (Å²) in [5.41, 5.74) is 0. The van der Waals surface area contributed by atoms with E-state index in [0.717, 1.165) is 18.8 Å². The first-order valence-electron chi connectivity index (χ1n) is 8.10. The molecule has 0 aromatic carbocycles. The predicted octanol–water partition coefficient (Wildman–Crippen LogP) is 6.76. The lowest BCUT2D eigenvalue weighted by molar-refractivity contribution is 0.0255. The lowest BCUT2D eigenvalue weighted by Gasteiger charge is -2.43. The van der Waals surface area contributed by atoms with E-state index in [-0.39, 0.29) is 0 Å². The van der Waals surface area contributed by atoms with Gasteiger partial charge in [-0.05, 0) is 49.9 Å². The Kier molecular flexibility index (Phi) is 6.35. The van der Waals surface area contributed by atoms with Gasteiger partial charge in [0.1, 0.15) is 0 Å². The fourth-order valence-corrected chi connectivity index (χ4v) is 5.48. The van der Waals surface area contributed by atoms with Crippen molar-refractivity contribution in [3.8, 4) is 0 Å².